The topological polar surface area (TPSA) is 156 Å². The fourth-order valence-corrected chi connectivity index (χ4v) is 5.05. The fraction of sp³-hybridized carbons (Fsp3) is 0.206. The van der Waals surface area contributed by atoms with Gasteiger partial charge in [-0.3, -0.25) is 14.4 Å². The van der Waals surface area contributed by atoms with Gasteiger partial charge in [0, 0.05) is 28.6 Å². The van der Waals surface area contributed by atoms with Gasteiger partial charge < -0.3 is 38.8 Å². The summed E-state index contributed by atoms with van der Waals surface area (Å²) in [6.07, 6.45) is 0. The third kappa shape index (κ3) is 7.59. The molecule has 0 amide bonds. The van der Waals surface area contributed by atoms with E-state index >= 15 is 0 Å². The number of carboxylic acids is 2. The normalized spacial score (nSPS) is 11.1. The van der Waals surface area contributed by atoms with Crippen LogP contribution < -0.4 is 19.8 Å². The summed E-state index contributed by atoms with van der Waals surface area (Å²) in [6, 6.07) is 15.8. The Balaban J connectivity index is 1.50. The molecule has 0 fully saturated rings. The molecule has 0 radical (unpaired) electrons. The predicted molar refractivity (Wildman–Crippen MR) is 167 cm³/mol. The number of phenolic OH excluding ortho intramolecular Hbond substituents is 1. The van der Waals surface area contributed by atoms with Crippen molar-refractivity contribution in [2.24, 2.45) is 0 Å². The minimum atomic E-state index is -1.29. The predicted octanol–water partition coefficient (Wildman–Crippen LogP) is 5.31. The molecule has 0 aromatic heterocycles. The van der Waals surface area contributed by atoms with Gasteiger partial charge in [-0.1, -0.05) is 24.3 Å². The zero-order chi connectivity index (χ0) is 33.7. The van der Waals surface area contributed by atoms with Crippen LogP contribution in [0.1, 0.15) is 5.56 Å². The van der Waals surface area contributed by atoms with E-state index in [1.165, 1.54) is 18.2 Å². The van der Waals surface area contributed by atoms with Crippen LogP contribution in [-0.2, 0) is 14.3 Å². The van der Waals surface area contributed by atoms with Crippen molar-refractivity contribution in [1.29, 1.82) is 0 Å². The monoisotopic (exact) mass is 649 g/mol. The number of aliphatic carboxylic acids is 2. The quantitative estimate of drug-likeness (QED) is 0.106. The lowest BCUT2D eigenvalue weighted by Crippen LogP contribution is -2.34. The van der Waals surface area contributed by atoms with Crippen LogP contribution in [0.25, 0.3) is 33.4 Å². The molecule has 244 valence electrons. The van der Waals surface area contributed by atoms with Gasteiger partial charge in [0.2, 0.25) is 5.43 Å². The van der Waals surface area contributed by atoms with Gasteiger partial charge in [0.15, 0.2) is 17.4 Å². The molecule has 0 atom stereocenters. The van der Waals surface area contributed by atoms with Crippen molar-refractivity contribution in [2.75, 3.05) is 44.4 Å². The van der Waals surface area contributed by atoms with Crippen molar-refractivity contribution in [3.63, 3.8) is 0 Å². The Hall–Kier alpha value is -5.69. The van der Waals surface area contributed by atoms with Gasteiger partial charge in [0.1, 0.15) is 49.1 Å². The molecule has 13 heteroatoms. The maximum Gasteiger partial charge on any atom is 0.323 e. The first kappa shape index (κ1) is 32.7. The molecule has 0 unspecified atom stereocenters. The largest absolute Gasteiger partial charge is 0.505 e. The number of carbonyl (C=O) groups is 2. The number of anilines is 1. The molecule has 47 heavy (non-hydrogen) atoms. The van der Waals surface area contributed by atoms with Crippen molar-refractivity contribution >= 4 is 28.6 Å². The summed E-state index contributed by atoms with van der Waals surface area (Å²) in [7, 11) is 0. The van der Waals surface area contributed by atoms with Crippen LogP contribution in [-0.4, -0.2) is 66.8 Å². The molecule has 1 aliphatic carbocycles. The van der Waals surface area contributed by atoms with Gasteiger partial charge in [-0.05, 0) is 48.4 Å². The number of aryl methyl sites for hydroxylation is 1. The molecule has 5 rings (SSSR count). The lowest BCUT2D eigenvalue weighted by molar-refractivity contribution is -0.136. The molecule has 3 N–H and O–H groups in total. The SMILES string of the molecule is Cc1ccccc1OCCOCCOc1cc(-c2c3cc(F)c(=O)cc-3oc3cc(O)c(F)cc23)ccc1N(CC(=O)O)CC(=O)O. The number of phenols is 1. The number of hydrogen-bond donors (Lipinski definition) is 3. The number of hydrogen-bond acceptors (Lipinski definition) is 9. The van der Waals surface area contributed by atoms with E-state index in [-0.39, 0.29) is 65.7 Å². The number of para-hydroxylation sites is 1. The standard InChI is InChI=1S/C34H29F2NO10/c1-19-4-2-3-5-28(19)45-10-8-44-9-11-46-31-12-20(6-7-25(31)37(17-32(40)41)18-33(42)43)34-21-13-23(35)26(38)15-29(21)47-30-16-27(39)24(36)14-22(30)34/h2-7,12-16,38H,8-11,17-18H2,1H3,(H,40,41)(H,42,43). The second-order valence-electron chi connectivity index (χ2n) is 10.5. The highest BCUT2D eigenvalue weighted by atomic mass is 19.1. The summed E-state index contributed by atoms with van der Waals surface area (Å²) in [5, 5.41) is 29.1. The molecule has 2 aliphatic rings. The molecule has 1 aliphatic heterocycles. The van der Waals surface area contributed by atoms with Crippen molar-refractivity contribution in [1.82, 2.24) is 0 Å². The van der Waals surface area contributed by atoms with E-state index in [1.807, 2.05) is 31.2 Å². The summed E-state index contributed by atoms with van der Waals surface area (Å²) in [6.45, 7) is 1.10. The number of ether oxygens (including phenoxy) is 3. The first-order chi connectivity index (χ1) is 22.5. The summed E-state index contributed by atoms with van der Waals surface area (Å²) in [5.74, 6) is -4.64. The molecule has 11 nitrogen and oxygen atoms in total. The van der Waals surface area contributed by atoms with Crippen molar-refractivity contribution in [3.05, 3.63) is 94.2 Å². The summed E-state index contributed by atoms with van der Waals surface area (Å²) >= 11 is 0. The van der Waals surface area contributed by atoms with Gasteiger partial charge in [-0.15, -0.1) is 0 Å². The highest BCUT2D eigenvalue weighted by Crippen LogP contribution is 2.44. The summed E-state index contributed by atoms with van der Waals surface area (Å²) in [5.41, 5.74) is 0.747. The van der Waals surface area contributed by atoms with Gasteiger partial charge in [0.25, 0.3) is 0 Å². The van der Waals surface area contributed by atoms with Crippen LogP contribution in [0.3, 0.4) is 0 Å². The van der Waals surface area contributed by atoms with E-state index in [4.69, 9.17) is 18.6 Å². The van der Waals surface area contributed by atoms with E-state index in [0.717, 1.165) is 40.5 Å². The maximum atomic E-state index is 14.6. The maximum absolute atomic E-state index is 14.6. The number of benzene rings is 4. The number of aromatic hydroxyl groups is 1. The number of nitrogens with zero attached hydrogens (tertiary/aromatic N) is 1. The highest BCUT2D eigenvalue weighted by molar-refractivity contribution is 6.02. The first-order valence-corrected chi connectivity index (χ1v) is 14.3. The van der Waals surface area contributed by atoms with Gasteiger partial charge in [-0.25, -0.2) is 8.78 Å². The molecule has 0 saturated heterocycles. The molecular formula is C34H29F2NO10. The number of carboxylic acid groups (broad SMARTS) is 2. The second kappa shape index (κ2) is 14.2. The molecular weight excluding hydrogens is 620 g/mol. The Kier molecular flexibility index (Phi) is 9.85. The third-order valence-corrected chi connectivity index (χ3v) is 7.15. The van der Waals surface area contributed by atoms with E-state index in [1.54, 1.807) is 0 Å². The molecule has 3 aromatic carbocycles. The van der Waals surface area contributed by atoms with Gasteiger partial charge in [-0.2, -0.15) is 0 Å². The Morgan fingerprint density at radius 1 is 0.830 bits per heavy atom. The van der Waals surface area contributed by atoms with Crippen molar-refractivity contribution < 1.29 is 52.3 Å². The van der Waals surface area contributed by atoms with Crippen LogP contribution in [0.4, 0.5) is 14.5 Å². The van der Waals surface area contributed by atoms with Crippen LogP contribution >= 0.6 is 0 Å². The van der Waals surface area contributed by atoms with Crippen LogP contribution in [0, 0.1) is 18.6 Å². The van der Waals surface area contributed by atoms with Crippen molar-refractivity contribution in [3.8, 4) is 39.7 Å². The lowest BCUT2D eigenvalue weighted by Gasteiger charge is -2.25. The van der Waals surface area contributed by atoms with Crippen LogP contribution in [0.5, 0.6) is 17.2 Å². The first-order valence-electron chi connectivity index (χ1n) is 14.3. The smallest absolute Gasteiger partial charge is 0.323 e. The summed E-state index contributed by atoms with van der Waals surface area (Å²) in [4.78, 5) is 36.4. The average Bonchev–Trinajstić information content (AvgIpc) is 3.01. The van der Waals surface area contributed by atoms with Crippen molar-refractivity contribution in [2.45, 2.75) is 6.92 Å². The number of fused-ring (bicyclic) bond motifs is 2. The van der Waals surface area contributed by atoms with Crippen LogP contribution in [0.2, 0.25) is 0 Å². The Morgan fingerprint density at radius 2 is 1.51 bits per heavy atom. The second-order valence-corrected chi connectivity index (χ2v) is 10.5. The number of halogens is 2. The summed E-state index contributed by atoms with van der Waals surface area (Å²) < 4.78 is 52.2. The zero-order valence-corrected chi connectivity index (χ0v) is 25.0. The molecule has 3 aromatic rings. The number of rotatable bonds is 14. The van der Waals surface area contributed by atoms with Gasteiger partial charge >= 0.3 is 11.9 Å². The van der Waals surface area contributed by atoms with Crippen LogP contribution in [0.15, 0.2) is 75.9 Å². The van der Waals surface area contributed by atoms with E-state index in [9.17, 15) is 38.5 Å². The van der Waals surface area contributed by atoms with Gasteiger partial charge in [0.05, 0.1) is 18.9 Å². The zero-order valence-electron chi connectivity index (χ0n) is 25.0. The Bertz CT molecular complexity index is 1960. The fourth-order valence-electron chi connectivity index (χ4n) is 5.05. The average molecular weight is 650 g/mol. The third-order valence-electron chi connectivity index (χ3n) is 7.15. The lowest BCUT2D eigenvalue weighted by atomic mass is 9.93. The minimum absolute atomic E-state index is 0.0105. The van der Waals surface area contributed by atoms with E-state index in [2.05, 4.69) is 0 Å². The van der Waals surface area contributed by atoms with E-state index in [0.29, 0.717) is 5.56 Å². The highest BCUT2D eigenvalue weighted by Gasteiger charge is 2.24. The molecule has 0 saturated carbocycles. The molecule has 0 spiro atoms. The molecule has 0 bridgehead atoms. The molecule has 1 heterocycles. The minimum Gasteiger partial charge on any atom is -0.505 e. The Labute approximate surface area is 266 Å². The van der Waals surface area contributed by atoms with E-state index < -0.39 is 47.8 Å². The Morgan fingerprint density at radius 3 is 2.19 bits per heavy atom.